The highest BCUT2D eigenvalue weighted by Gasteiger charge is 2.02. The lowest BCUT2D eigenvalue weighted by Gasteiger charge is -2.05. The topological polar surface area (TPSA) is 35.5 Å². The molecule has 0 aliphatic rings. The molecule has 0 amide bonds. The number of rotatable bonds is 16. The second-order valence-corrected chi connectivity index (χ2v) is 6.19. The van der Waals surface area contributed by atoms with Crippen LogP contribution in [0.15, 0.2) is 0 Å². The maximum Gasteiger partial charge on any atom is 0.508 e. The number of unbranched alkanes of at least 4 members (excludes halogenated alkanes) is 12. The lowest BCUT2D eigenvalue weighted by atomic mass is 10.1. The first-order valence-electron chi connectivity index (χ1n) is 9.60. The van der Waals surface area contributed by atoms with Crippen LogP contribution in [0.3, 0.4) is 0 Å². The Morgan fingerprint density at radius 1 is 0.545 bits per heavy atom. The Bertz CT molecular complexity index is 229. The highest BCUT2D eigenvalue weighted by Crippen LogP contribution is 2.11. The van der Waals surface area contributed by atoms with E-state index < -0.39 is 6.16 Å². The molecule has 0 radical (unpaired) electrons. The molecule has 0 saturated carbocycles. The van der Waals surface area contributed by atoms with E-state index in [4.69, 9.17) is 9.47 Å². The highest BCUT2D eigenvalue weighted by molar-refractivity contribution is 5.59. The molecule has 0 heterocycles. The van der Waals surface area contributed by atoms with Gasteiger partial charge in [-0.25, -0.2) is 4.79 Å². The smallest absolute Gasteiger partial charge is 0.434 e. The Morgan fingerprint density at radius 2 is 0.909 bits per heavy atom. The molecular weight excluding hydrogens is 276 g/mol. The summed E-state index contributed by atoms with van der Waals surface area (Å²) in [6.45, 7) is 5.32. The molecule has 132 valence electrons. The zero-order chi connectivity index (χ0) is 16.3. The summed E-state index contributed by atoms with van der Waals surface area (Å²) in [5.41, 5.74) is 0. The van der Waals surface area contributed by atoms with Crippen LogP contribution in [0.25, 0.3) is 0 Å². The summed E-state index contributed by atoms with van der Waals surface area (Å²) < 4.78 is 9.95. The van der Waals surface area contributed by atoms with Crippen LogP contribution >= 0.6 is 0 Å². The minimum Gasteiger partial charge on any atom is -0.434 e. The van der Waals surface area contributed by atoms with Crippen LogP contribution in [0.5, 0.6) is 0 Å². The zero-order valence-corrected chi connectivity index (χ0v) is 15.0. The van der Waals surface area contributed by atoms with E-state index in [0.29, 0.717) is 13.2 Å². The molecule has 0 aliphatic heterocycles. The molecule has 0 aromatic rings. The lowest BCUT2D eigenvalue weighted by Crippen LogP contribution is -2.09. The van der Waals surface area contributed by atoms with Crippen molar-refractivity contribution in [3.05, 3.63) is 0 Å². The first-order valence-corrected chi connectivity index (χ1v) is 9.60. The van der Waals surface area contributed by atoms with Crippen molar-refractivity contribution in [1.82, 2.24) is 0 Å². The fourth-order valence-corrected chi connectivity index (χ4v) is 2.44. The van der Waals surface area contributed by atoms with E-state index in [0.717, 1.165) is 25.7 Å². The van der Waals surface area contributed by atoms with Crippen LogP contribution < -0.4 is 0 Å². The van der Waals surface area contributed by atoms with E-state index in [1.165, 1.54) is 64.2 Å². The maximum atomic E-state index is 11.2. The first kappa shape index (κ1) is 21.3. The van der Waals surface area contributed by atoms with Gasteiger partial charge in [0.05, 0.1) is 13.2 Å². The number of carbonyl (C=O) groups excluding carboxylic acids is 1. The third kappa shape index (κ3) is 17.3. The standard InChI is InChI=1S/C19H38O3/c1-3-5-7-8-9-10-11-12-13-14-15-16-18-22-19(20)21-17-6-4-2/h3-18H2,1-2H3. The predicted octanol–water partition coefficient (Wildman–Crippen LogP) is 6.64. The van der Waals surface area contributed by atoms with Gasteiger partial charge < -0.3 is 9.47 Å². The van der Waals surface area contributed by atoms with Gasteiger partial charge >= 0.3 is 6.16 Å². The SMILES string of the molecule is CCCCCCCCCCCCCCOC(=O)OCCCC. The monoisotopic (exact) mass is 314 g/mol. The van der Waals surface area contributed by atoms with E-state index in [2.05, 4.69) is 13.8 Å². The second-order valence-electron chi connectivity index (χ2n) is 6.19. The summed E-state index contributed by atoms with van der Waals surface area (Å²) in [6, 6.07) is 0. The van der Waals surface area contributed by atoms with Crippen molar-refractivity contribution >= 4 is 6.16 Å². The summed E-state index contributed by atoms with van der Waals surface area (Å²) in [5, 5.41) is 0. The average Bonchev–Trinajstić information content (AvgIpc) is 2.52. The van der Waals surface area contributed by atoms with E-state index in [9.17, 15) is 4.79 Å². The quantitative estimate of drug-likeness (QED) is 0.236. The van der Waals surface area contributed by atoms with Crippen LogP contribution in [0.1, 0.15) is 104 Å². The Kier molecular flexibility index (Phi) is 17.7. The van der Waals surface area contributed by atoms with Crippen LogP contribution in [0.4, 0.5) is 4.79 Å². The Morgan fingerprint density at radius 3 is 1.36 bits per heavy atom. The van der Waals surface area contributed by atoms with E-state index in [1.807, 2.05) is 0 Å². The fourth-order valence-electron chi connectivity index (χ4n) is 2.44. The fraction of sp³-hybridized carbons (Fsp3) is 0.947. The first-order chi connectivity index (χ1) is 10.8. The highest BCUT2D eigenvalue weighted by atomic mass is 16.7. The van der Waals surface area contributed by atoms with E-state index in [-0.39, 0.29) is 0 Å². The van der Waals surface area contributed by atoms with Gasteiger partial charge in [-0.05, 0) is 12.8 Å². The molecule has 3 nitrogen and oxygen atoms in total. The van der Waals surface area contributed by atoms with Crippen molar-refractivity contribution in [3.8, 4) is 0 Å². The molecule has 0 rings (SSSR count). The van der Waals surface area contributed by atoms with Gasteiger partial charge in [0, 0.05) is 0 Å². The van der Waals surface area contributed by atoms with Crippen molar-refractivity contribution in [2.75, 3.05) is 13.2 Å². The normalized spacial score (nSPS) is 10.6. The second kappa shape index (κ2) is 18.3. The minimum absolute atomic E-state index is 0.480. The molecule has 0 atom stereocenters. The molecule has 22 heavy (non-hydrogen) atoms. The van der Waals surface area contributed by atoms with Crippen molar-refractivity contribution in [3.63, 3.8) is 0 Å². The van der Waals surface area contributed by atoms with Gasteiger partial charge in [0.25, 0.3) is 0 Å². The lowest BCUT2D eigenvalue weighted by molar-refractivity contribution is 0.0532. The van der Waals surface area contributed by atoms with E-state index >= 15 is 0 Å². The van der Waals surface area contributed by atoms with Crippen LogP contribution in [-0.4, -0.2) is 19.4 Å². The van der Waals surface area contributed by atoms with Crippen molar-refractivity contribution in [2.24, 2.45) is 0 Å². The Balaban J connectivity index is 3.06. The zero-order valence-electron chi connectivity index (χ0n) is 15.0. The maximum absolute atomic E-state index is 11.2. The summed E-state index contributed by atoms with van der Waals surface area (Å²) in [4.78, 5) is 11.2. The molecule has 0 aromatic heterocycles. The predicted molar refractivity (Wildman–Crippen MR) is 93.3 cm³/mol. The van der Waals surface area contributed by atoms with Crippen molar-refractivity contribution in [1.29, 1.82) is 0 Å². The van der Waals surface area contributed by atoms with Gasteiger partial charge in [-0.1, -0.05) is 90.9 Å². The van der Waals surface area contributed by atoms with Crippen molar-refractivity contribution in [2.45, 2.75) is 104 Å². The summed E-state index contributed by atoms with van der Waals surface area (Å²) >= 11 is 0. The molecule has 0 N–H and O–H groups in total. The van der Waals surface area contributed by atoms with Gasteiger partial charge in [-0.2, -0.15) is 0 Å². The number of hydrogen-bond donors (Lipinski definition) is 0. The van der Waals surface area contributed by atoms with Gasteiger partial charge in [0.2, 0.25) is 0 Å². The molecular formula is C19H38O3. The number of ether oxygens (including phenoxy) is 2. The Hall–Kier alpha value is -0.730. The van der Waals surface area contributed by atoms with Gasteiger partial charge in [0.1, 0.15) is 0 Å². The molecule has 0 unspecified atom stereocenters. The summed E-state index contributed by atoms with van der Waals surface area (Å²) in [5.74, 6) is 0. The summed E-state index contributed by atoms with van der Waals surface area (Å²) in [7, 11) is 0. The third-order valence-corrected chi connectivity index (χ3v) is 3.94. The van der Waals surface area contributed by atoms with Gasteiger partial charge in [-0.3, -0.25) is 0 Å². The molecule has 0 aliphatic carbocycles. The van der Waals surface area contributed by atoms with Gasteiger partial charge in [0.15, 0.2) is 0 Å². The largest absolute Gasteiger partial charge is 0.508 e. The van der Waals surface area contributed by atoms with Crippen molar-refractivity contribution < 1.29 is 14.3 Å². The van der Waals surface area contributed by atoms with Crippen LogP contribution in [0, 0.1) is 0 Å². The molecule has 3 heteroatoms. The van der Waals surface area contributed by atoms with E-state index in [1.54, 1.807) is 0 Å². The van der Waals surface area contributed by atoms with Gasteiger partial charge in [-0.15, -0.1) is 0 Å². The molecule has 0 fully saturated rings. The van der Waals surface area contributed by atoms with Crippen LogP contribution in [0.2, 0.25) is 0 Å². The molecule has 0 spiro atoms. The molecule has 0 aromatic carbocycles. The summed E-state index contributed by atoms with van der Waals surface area (Å²) in [6.07, 6.45) is 17.2. The van der Waals surface area contributed by atoms with Crippen LogP contribution in [-0.2, 0) is 9.47 Å². The Labute approximate surface area is 138 Å². The number of carbonyl (C=O) groups is 1. The molecule has 0 bridgehead atoms. The number of hydrogen-bond acceptors (Lipinski definition) is 3. The minimum atomic E-state index is -0.503. The molecule has 0 saturated heterocycles. The third-order valence-electron chi connectivity index (χ3n) is 3.94. The average molecular weight is 315 g/mol.